The Balaban J connectivity index is 1.67. The molecule has 2 N–H and O–H groups in total. The molecule has 1 unspecified atom stereocenters. The van der Waals surface area contributed by atoms with E-state index in [0.29, 0.717) is 16.8 Å². The largest absolute Gasteiger partial charge is 0.508 e. The quantitative estimate of drug-likeness (QED) is 0.247. The Morgan fingerprint density at radius 1 is 0.895 bits per heavy atom. The Hall–Kier alpha value is -4.06. The van der Waals surface area contributed by atoms with Crippen LogP contribution in [0.15, 0.2) is 72.3 Å². The van der Waals surface area contributed by atoms with Crippen LogP contribution in [0.1, 0.15) is 61.9 Å². The lowest BCUT2D eigenvalue weighted by molar-refractivity contribution is -0.132. The number of Topliss-reactive ketones (excluding diaryl/α,β-unsaturated/α-hetero) is 1. The molecule has 2 fully saturated rings. The summed E-state index contributed by atoms with van der Waals surface area (Å²) >= 11 is 0. The van der Waals surface area contributed by atoms with Gasteiger partial charge in [0.25, 0.3) is 11.7 Å². The molecule has 1 amide bonds. The molecule has 2 aliphatic heterocycles. The number of aromatic hydroxyl groups is 1. The monoisotopic (exact) mass is 510 g/mol. The molecule has 0 aliphatic carbocycles. The molecular weight excluding hydrogens is 476 g/mol. The van der Waals surface area contributed by atoms with E-state index in [1.54, 1.807) is 12.1 Å². The Morgan fingerprint density at radius 2 is 1.55 bits per heavy atom. The second-order valence-electron chi connectivity index (χ2n) is 11.3. The fourth-order valence-corrected chi connectivity index (χ4v) is 5.40. The number of carbonyl (C=O) groups is 2. The fraction of sp³-hybridized carbons (Fsp3) is 0.312. The Labute approximate surface area is 223 Å². The summed E-state index contributed by atoms with van der Waals surface area (Å²) in [5.74, 6) is -1.65. The number of carbonyl (C=O) groups excluding carboxylic acids is 2. The summed E-state index contributed by atoms with van der Waals surface area (Å²) in [6.45, 7) is 10.1. The number of ketones is 1. The number of aliphatic hydroxyl groups is 1. The highest BCUT2D eigenvalue weighted by Gasteiger charge is 2.47. The van der Waals surface area contributed by atoms with Crippen molar-refractivity contribution in [3.8, 4) is 5.75 Å². The number of benzene rings is 3. The first kappa shape index (κ1) is 25.6. The van der Waals surface area contributed by atoms with Crippen LogP contribution in [0.5, 0.6) is 5.75 Å². The van der Waals surface area contributed by atoms with Crippen LogP contribution in [0, 0.1) is 6.92 Å². The number of phenols is 1. The average Bonchev–Trinajstić information content (AvgIpc) is 3.51. The van der Waals surface area contributed by atoms with Gasteiger partial charge in [-0.05, 0) is 84.3 Å². The summed E-state index contributed by atoms with van der Waals surface area (Å²) in [5.41, 5.74) is 4.34. The zero-order valence-corrected chi connectivity index (χ0v) is 22.4. The molecule has 0 radical (unpaired) electrons. The molecule has 196 valence electrons. The maximum atomic E-state index is 13.6. The zero-order chi connectivity index (χ0) is 27.2. The molecule has 2 saturated heterocycles. The van der Waals surface area contributed by atoms with Crippen molar-refractivity contribution in [2.75, 3.05) is 22.9 Å². The first-order valence-electron chi connectivity index (χ1n) is 13.1. The van der Waals surface area contributed by atoms with Gasteiger partial charge in [-0.15, -0.1) is 0 Å². The van der Waals surface area contributed by atoms with E-state index in [2.05, 4.69) is 25.7 Å². The molecule has 0 bridgehead atoms. The third-order valence-corrected chi connectivity index (χ3v) is 7.59. The van der Waals surface area contributed by atoms with Crippen LogP contribution in [0.4, 0.5) is 11.4 Å². The van der Waals surface area contributed by atoms with E-state index in [1.807, 2.05) is 49.4 Å². The van der Waals surface area contributed by atoms with E-state index >= 15 is 0 Å². The Kier molecular flexibility index (Phi) is 6.51. The lowest BCUT2D eigenvalue weighted by Crippen LogP contribution is -2.29. The van der Waals surface area contributed by atoms with Gasteiger partial charge < -0.3 is 15.1 Å². The van der Waals surface area contributed by atoms with Crippen LogP contribution in [-0.2, 0) is 15.0 Å². The average molecular weight is 511 g/mol. The number of hydrogen-bond acceptors (Lipinski definition) is 5. The Morgan fingerprint density at radius 3 is 2.18 bits per heavy atom. The van der Waals surface area contributed by atoms with Crippen molar-refractivity contribution in [3.05, 3.63) is 94.6 Å². The zero-order valence-electron chi connectivity index (χ0n) is 22.4. The molecule has 3 aromatic carbocycles. The highest BCUT2D eigenvalue weighted by atomic mass is 16.3. The van der Waals surface area contributed by atoms with Gasteiger partial charge in [-0.2, -0.15) is 0 Å². The molecule has 2 aliphatic rings. The van der Waals surface area contributed by atoms with Crippen LogP contribution >= 0.6 is 0 Å². The normalized spacial score (nSPS) is 19.4. The SMILES string of the molecule is Cc1ccc(C(C)(C)C)cc1/C(O)=C1\C(=O)C(=O)N(c2ccc(N3CCCC3)cc2)C1c1cccc(O)c1. The molecule has 0 aromatic heterocycles. The van der Waals surface area contributed by atoms with Gasteiger partial charge in [0.15, 0.2) is 0 Å². The van der Waals surface area contributed by atoms with Gasteiger partial charge in [0.2, 0.25) is 0 Å². The maximum absolute atomic E-state index is 13.6. The first-order chi connectivity index (χ1) is 18.1. The lowest BCUT2D eigenvalue weighted by atomic mass is 9.84. The van der Waals surface area contributed by atoms with Gasteiger partial charge in [0.1, 0.15) is 11.5 Å². The van der Waals surface area contributed by atoms with E-state index in [9.17, 15) is 19.8 Å². The van der Waals surface area contributed by atoms with Crippen molar-refractivity contribution >= 4 is 28.8 Å². The number of anilines is 2. The van der Waals surface area contributed by atoms with Crippen LogP contribution in [0.25, 0.3) is 5.76 Å². The minimum Gasteiger partial charge on any atom is -0.508 e. The van der Waals surface area contributed by atoms with Crippen LogP contribution < -0.4 is 9.80 Å². The molecule has 3 aromatic rings. The summed E-state index contributed by atoms with van der Waals surface area (Å²) in [5, 5.41) is 21.9. The van der Waals surface area contributed by atoms with Crippen LogP contribution in [0.3, 0.4) is 0 Å². The second kappa shape index (κ2) is 9.67. The minimum atomic E-state index is -0.891. The number of aliphatic hydroxyl groups excluding tert-OH is 1. The van der Waals surface area contributed by atoms with E-state index in [0.717, 1.165) is 42.7 Å². The predicted molar refractivity (Wildman–Crippen MR) is 151 cm³/mol. The summed E-state index contributed by atoms with van der Waals surface area (Å²) in [4.78, 5) is 30.8. The summed E-state index contributed by atoms with van der Waals surface area (Å²) in [6.07, 6.45) is 2.31. The number of hydrogen-bond donors (Lipinski definition) is 2. The molecule has 6 heteroatoms. The predicted octanol–water partition coefficient (Wildman–Crippen LogP) is 6.22. The van der Waals surface area contributed by atoms with Gasteiger partial charge in [-0.25, -0.2) is 0 Å². The number of phenolic OH excluding ortho intramolecular Hbond substituents is 1. The first-order valence-corrected chi connectivity index (χ1v) is 13.1. The van der Waals surface area contributed by atoms with Gasteiger partial charge in [-0.3, -0.25) is 14.5 Å². The molecule has 6 nitrogen and oxygen atoms in total. The van der Waals surface area contributed by atoms with Gasteiger partial charge in [0.05, 0.1) is 11.6 Å². The van der Waals surface area contributed by atoms with Crippen molar-refractivity contribution in [2.24, 2.45) is 0 Å². The van der Waals surface area contributed by atoms with E-state index < -0.39 is 17.7 Å². The lowest BCUT2D eigenvalue weighted by Gasteiger charge is -2.27. The molecule has 2 heterocycles. The minimum absolute atomic E-state index is 0.0124. The van der Waals surface area contributed by atoms with Gasteiger partial charge in [0, 0.05) is 30.0 Å². The number of nitrogens with zero attached hydrogens (tertiary/aromatic N) is 2. The third kappa shape index (κ3) is 4.55. The van der Waals surface area contributed by atoms with Crippen molar-refractivity contribution in [1.29, 1.82) is 0 Å². The molecule has 5 rings (SSSR count). The summed E-state index contributed by atoms with van der Waals surface area (Å²) in [6, 6.07) is 19.1. The molecular formula is C32H34N2O4. The highest BCUT2D eigenvalue weighted by Crippen LogP contribution is 2.44. The van der Waals surface area contributed by atoms with Crippen molar-refractivity contribution in [1.82, 2.24) is 0 Å². The number of amides is 1. The maximum Gasteiger partial charge on any atom is 0.300 e. The Bertz CT molecular complexity index is 1430. The van der Waals surface area contributed by atoms with Crippen LogP contribution in [0.2, 0.25) is 0 Å². The van der Waals surface area contributed by atoms with E-state index in [1.165, 1.54) is 17.0 Å². The molecule has 0 spiro atoms. The molecule has 1 atom stereocenters. The van der Waals surface area contributed by atoms with Gasteiger partial charge >= 0.3 is 0 Å². The number of aryl methyl sites for hydroxylation is 1. The van der Waals surface area contributed by atoms with Gasteiger partial charge in [-0.1, -0.05) is 45.0 Å². The topological polar surface area (TPSA) is 81.1 Å². The van der Waals surface area contributed by atoms with E-state index in [4.69, 9.17) is 0 Å². The standard InChI is InChI=1S/C32H34N2O4/c1-20-10-11-22(32(2,3)4)19-26(20)29(36)27-28(21-8-7-9-25(35)18-21)34(31(38)30(27)37)24-14-12-23(13-15-24)33-16-5-6-17-33/h7-15,18-19,28,35-36H,5-6,16-17H2,1-4H3/b29-27+. The van der Waals surface area contributed by atoms with Crippen molar-refractivity contribution in [2.45, 2.75) is 52.0 Å². The second-order valence-corrected chi connectivity index (χ2v) is 11.3. The smallest absolute Gasteiger partial charge is 0.300 e. The molecule has 0 saturated carbocycles. The van der Waals surface area contributed by atoms with Crippen molar-refractivity contribution < 1.29 is 19.8 Å². The van der Waals surface area contributed by atoms with Crippen molar-refractivity contribution in [3.63, 3.8) is 0 Å². The van der Waals surface area contributed by atoms with E-state index in [-0.39, 0.29) is 22.5 Å². The number of rotatable bonds is 4. The fourth-order valence-electron chi connectivity index (χ4n) is 5.40. The highest BCUT2D eigenvalue weighted by molar-refractivity contribution is 6.51. The third-order valence-electron chi connectivity index (χ3n) is 7.59. The van der Waals surface area contributed by atoms with Crippen LogP contribution in [-0.4, -0.2) is 35.0 Å². The summed E-state index contributed by atoms with van der Waals surface area (Å²) < 4.78 is 0. The summed E-state index contributed by atoms with van der Waals surface area (Å²) in [7, 11) is 0. The molecule has 38 heavy (non-hydrogen) atoms.